The molecule has 1 atom stereocenters. The van der Waals surface area contributed by atoms with Crippen LogP contribution in [0, 0.1) is 16.0 Å². The van der Waals surface area contributed by atoms with Crippen LogP contribution in [0.15, 0.2) is 28.9 Å². The highest BCUT2D eigenvalue weighted by Crippen LogP contribution is 2.38. The van der Waals surface area contributed by atoms with Gasteiger partial charge in [-0.25, -0.2) is 4.98 Å². The molecule has 6 nitrogen and oxygen atoms in total. The quantitative estimate of drug-likeness (QED) is 0.667. The highest BCUT2D eigenvalue weighted by molar-refractivity contribution is 9.10. The first-order chi connectivity index (χ1) is 10.6. The number of nitro groups is 1. The van der Waals surface area contributed by atoms with E-state index in [-0.39, 0.29) is 23.1 Å². The molecule has 0 spiro atoms. The number of nitrogens with zero attached hydrogens (tertiary/aromatic N) is 3. The molecule has 0 saturated carbocycles. The molecular formula is C15H16BrN3O3. The van der Waals surface area contributed by atoms with Gasteiger partial charge in [-0.2, -0.15) is 0 Å². The second-order valence-corrected chi connectivity index (χ2v) is 6.46. The van der Waals surface area contributed by atoms with Crippen molar-refractivity contribution >= 4 is 38.2 Å². The van der Waals surface area contributed by atoms with E-state index in [0.29, 0.717) is 12.2 Å². The van der Waals surface area contributed by atoms with Gasteiger partial charge in [-0.05, 0) is 37.0 Å². The van der Waals surface area contributed by atoms with Crippen molar-refractivity contribution in [3.63, 3.8) is 0 Å². The number of rotatable bonds is 3. The average molecular weight is 366 g/mol. The van der Waals surface area contributed by atoms with Crippen molar-refractivity contribution in [1.82, 2.24) is 4.98 Å². The molecule has 0 bridgehead atoms. The molecular weight excluding hydrogens is 350 g/mol. The SMILES string of the molecule is O=[N+]([O-])c1cnc2ccc(Br)cc2c1N1CCC[C@@H](CO)C1. The maximum atomic E-state index is 11.4. The van der Waals surface area contributed by atoms with Gasteiger partial charge in [0, 0.05) is 29.6 Å². The zero-order valence-corrected chi connectivity index (χ0v) is 13.5. The summed E-state index contributed by atoms with van der Waals surface area (Å²) >= 11 is 3.42. The molecule has 0 aliphatic carbocycles. The van der Waals surface area contributed by atoms with Gasteiger partial charge in [-0.3, -0.25) is 10.1 Å². The lowest BCUT2D eigenvalue weighted by molar-refractivity contribution is -0.384. The van der Waals surface area contributed by atoms with E-state index in [0.717, 1.165) is 34.8 Å². The summed E-state index contributed by atoms with van der Waals surface area (Å²) in [5.41, 5.74) is 1.36. The van der Waals surface area contributed by atoms with Crippen LogP contribution in [-0.4, -0.2) is 34.7 Å². The molecule has 0 radical (unpaired) electrons. The summed E-state index contributed by atoms with van der Waals surface area (Å²) in [6.45, 7) is 1.49. The van der Waals surface area contributed by atoms with Crippen molar-refractivity contribution in [3.05, 3.63) is 39.0 Å². The third-order valence-electron chi connectivity index (χ3n) is 4.07. The number of benzene rings is 1. The van der Waals surface area contributed by atoms with Crippen LogP contribution in [0.3, 0.4) is 0 Å². The predicted molar refractivity (Wildman–Crippen MR) is 88.1 cm³/mol. The highest BCUT2D eigenvalue weighted by Gasteiger charge is 2.27. The van der Waals surface area contributed by atoms with Crippen LogP contribution in [0.4, 0.5) is 11.4 Å². The minimum Gasteiger partial charge on any atom is -0.396 e. The fraction of sp³-hybridized carbons (Fsp3) is 0.400. The van der Waals surface area contributed by atoms with Gasteiger partial charge in [-0.15, -0.1) is 0 Å². The Morgan fingerprint density at radius 3 is 3.05 bits per heavy atom. The third-order valence-corrected chi connectivity index (χ3v) is 4.57. The second-order valence-electron chi connectivity index (χ2n) is 5.55. The van der Waals surface area contributed by atoms with E-state index in [9.17, 15) is 15.2 Å². The lowest BCUT2D eigenvalue weighted by atomic mass is 9.97. The number of pyridine rings is 1. The highest BCUT2D eigenvalue weighted by atomic mass is 79.9. The number of halogens is 1. The molecule has 0 amide bonds. The number of anilines is 1. The zero-order valence-electron chi connectivity index (χ0n) is 11.9. The minimum atomic E-state index is -0.384. The summed E-state index contributed by atoms with van der Waals surface area (Å²) in [6, 6.07) is 5.59. The predicted octanol–water partition coefficient (Wildman–Crippen LogP) is 3.11. The first-order valence-corrected chi connectivity index (χ1v) is 7.98. The van der Waals surface area contributed by atoms with Crippen LogP contribution in [0.25, 0.3) is 10.9 Å². The molecule has 1 aromatic carbocycles. The van der Waals surface area contributed by atoms with E-state index in [2.05, 4.69) is 20.9 Å². The van der Waals surface area contributed by atoms with Crippen molar-refractivity contribution in [2.45, 2.75) is 12.8 Å². The first kappa shape index (κ1) is 15.2. The van der Waals surface area contributed by atoms with Crippen molar-refractivity contribution in [2.24, 2.45) is 5.92 Å². The topological polar surface area (TPSA) is 79.5 Å². The van der Waals surface area contributed by atoms with Gasteiger partial charge in [0.2, 0.25) is 0 Å². The molecule has 1 aromatic heterocycles. The molecule has 116 valence electrons. The summed E-state index contributed by atoms with van der Waals surface area (Å²) in [5, 5.41) is 21.6. The van der Waals surface area contributed by atoms with E-state index >= 15 is 0 Å². The Hall–Kier alpha value is -1.73. The number of fused-ring (bicyclic) bond motifs is 1. The van der Waals surface area contributed by atoms with Gasteiger partial charge in [0.05, 0.1) is 10.4 Å². The number of piperidine rings is 1. The van der Waals surface area contributed by atoms with Crippen molar-refractivity contribution in [1.29, 1.82) is 0 Å². The molecule has 1 aliphatic rings. The van der Waals surface area contributed by atoms with Crippen molar-refractivity contribution < 1.29 is 10.0 Å². The maximum Gasteiger partial charge on any atom is 0.311 e. The van der Waals surface area contributed by atoms with E-state index in [1.165, 1.54) is 6.20 Å². The fourth-order valence-corrected chi connectivity index (χ4v) is 3.38. The van der Waals surface area contributed by atoms with E-state index in [1.54, 1.807) is 0 Å². The van der Waals surface area contributed by atoms with Crippen LogP contribution < -0.4 is 4.90 Å². The lowest BCUT2D eigenvalue weighted by Crippen LogP contribution is -2.37. The molecule has 2 aromatic rings. The molecule has 1 N–H and O–H groups in total. The molecule has 1 aliphatic heterocycles. The molecule has 7 heteroatoms. The van der Waals surface area contributed by atoms with Crippen LogP contribution in [0.5, 0.6) is 0 Å². The van der Waals surface area contributed by atoms with E-state index < -0.39 is 0 Å². The minimum absolute atomic E-state index is 0.0178. The molecule has 0 unspecified atom stereocenters. The van der Waals surface area contributed by atoms with Gasteiger partial charge >= 0.3 is 5.69 Å². The number of aliphatic hydroxyl groups excluding tert-OH is 1. The Morgan fingerprint density at radius 2 is 2.32 bits per heavy atom. The summed E-state index contributed by atoms with van der Waals surface area (Å²) in [4.78, 5) is 17.3. The van der Waals surface area contributed by atoms with Gasteiger partial charge in [-0.1, -0.05) is 15.9 Å². The van der Waals surface area contributed by atoms with Gasteiger partial charge < -0.3 is 10.0 Å². The van der Waals surface area contributed by atoms with E-state index in [4.69, 9.17) is 0 Å². The smallest absolute Gasteiger partial charge is 0.311 e. The number of aromatic nitrogens is 1. The number of aliphatic hydroxyl groups is 1. The van der Waals surface area contributed by atoms with Crippen molar-refractivity contribution in [2.75, 3.05) is 24.6 Å². The van der Waals surface area contributed by atoms with E-state index in [1.807, 2.05) is 23.1 Å². The molecule has 22 heavy (non-hydrogen) atoms. The largest absolute Gasteiger partial charge is 0.396 e. The summed E-state index contributed by atoms with van der Waals surface area (Å²) in [5.74, 6) is 0.156. The molecule has 3 rings (SSSR count). The molecule has 1 saturated heterocycles. The molecule has 2 heterocycles. The Kier molecular flexibility index (Phi) is 4.26. The zero-order chi connectivity index (χ0) is 15.7. The number of hydrogen-bond acceptors (Lipinski definition) is 5. The Morgan fingerprint density at radius 1 is 1.50 bits per heavy atom. The van der Waals surface area contributed by atoms with Gasteiger partial charge in [0.25, 0.3) is 0 Å². The summed E-state index contributed by atoms with van der Waals surface area (Å²) < 4.78 is 0.860. The third kappa shape index (κ3) is 2.78. The van der Waals surface area contributed by atoms with Crippen LogP contribution in [0.2, 0.25) is 0 Å². The standard InChI is InChI=1S/C15H16BrN3O3/c16-11-3-4-13-12(6-11)15(14(7-17-13)19(21)22)18-5-1-2-10(8-18)9-20/h3-4,6-7,10,20H,1-2,5,8-9H2/t10-/m1/s1. The van der Waals surface area contributed by atoms with Crippen LogP contribution in [-0.2, 0) is 0 Å². The van der Waals surface area contributed by atoms with Crippen LogP contribution >= 0.6 is 15.9 Å². The van der Waals surface area contributed by atoms with Crippen molar-refractivity contribution in [3.8, 4) is 0 Å². The first-order valence-electron chi connectivity index (χ1n) is 7.18. The number of hydrogen-bond donors (Lipinski definition) is 1. The van der Waals surface area contributed by atoms with Crippen LogP contribution in [0.1, 0.15) is 12.8 Å². The molecule has 1 fully saturated rings. The average Bonchev–Trinajstić information content (AvgIpc) is 2.53. The van der Waals surface area contributed by atoms with Gasteiger partial charge in [0.15, 0.2) is 0 Å². The second kappa shape index (κ2) is 6.18. The van der Waals surface area contributed by atoms with Gasteiger partial charge in [0.1, 0.15) is 11.9 Å². The lowest BCUT2D eigenvalue weighted by Gasteiger charge is -2.33. The maximum absolute atomic E-state index is 11.4. The fourth-order valence-electron chi connectivity index (χ4n) is 3.02. The normalized spacial score (nSPS) is 18.6. The Bertz CT molecular complexity index is 722. The summed E-state index contributed by atoms with van der Waals surface area (Å²) in [7, 11) is 0. The summed E-state index contributed by atoms with van der Waals surface area (Å²) in [6.07, 6.45) is 3.20. The monoisotopic (exact) mass is 365 g/mol. The Balaban J connectivity index is 2.17. The Labute approximate surface area is 136 Å².